The van der Waals surface area contributed by atoms with Gasteiger partial charge in [0.05, 0.1) is 52.2 Å². The highest BCUT2D eigenvalue weighted by atomic mass is 19.4. The molecule has 222 valence electrons. The zero-order valence-corrected chi connectivity index (χ0v) is 23.1. The molecule has 15 heteroatoms. The molecular weight excluding hydrogens is 545 g/mol. The molecule has 2 aliphatic heterocycles. The van der Waals surface area contributed by atoms with Crippen molar-refractivity contribution < 1.29 is 32.2 Å². The van der Waals surface area contributed by atoms with Crippen LogP contribution in [0.3, 0.4) is 0 Å². The van der Waals surface area contributed by atoms with Crippen molar-refractivity contribution in [3.63, 3.8) is 0 Å². The molecule has 4 heterocycles. The average molecular weight is 579 g/mol. The lowest BCUT2D eigenvalue weighted by Crippen LogP contribution is -2.49. The van der Waals surface area contributed by atoms with E-state index in [1.807, 2.05) is 4.57 Å². The second-order valence-electron chi connectivity index (χ2n) is 9.18. The molecule has 1 saturated heterocycles. The Morgan fingerprint density at radius 2 is 1.80 bits per heavy atom. The van der Waals surface area contributed by atoms with E-state index < -0.39 is 6.36 Å². The number of aromatic nitrogens is 4. The summed E-state index contributed by atoms with van der Waals surface area (Å²) < 4.78 is 54.1. The molecule has 0 aliphatic carbocycles. The van der Waals surface area contributed by atoms with Crippen LogP contribution in [0.25, 0.3) is 0 Å². The predicted octanol–water partition coefficient (Wildman–Crippen LogP) is 2.57. The fourth-order valence-corrected chi connectivity index (χ4v) is 4.46. The van der Waals surface area contributed by atoms with E-state index in [4.69, 9.17) is 9.47 Å². The number of rotatable bonds is 11. The number of amides is 1. The van der Waals surface area contributed by atoms with E-state index in [1.54, 1.807) is 23.3 Å². The molecule has 4 rings (SSSR count). The van der Waals surface area contributed by atoms with Crippen LogP contribution in [0, 0.1) is 0 Å². The lowest BCUT2D eigenvalue weighted by molar-refractivity contribution is -0.303. The molecule has 0 radical (unpaired) electrons. The van der Waals surface area contributed by atoms with Gasteiger partial charge >= 0.3 is 6.36 Å². The van der Waals surface area contributed by atoms with Gasteiger partial charge < -0.3 is 29.0 Å². The summed E-state index contributed by atoms with van der Waals surface area (Å²) in [6.07, 6.45) is 1.26. The van der Waals surface area contributed by atoms with Crippen LogP contribution < -0.4 is 14.8 Å². The number of ether oxygens (including phenoxy) is 3. The Morgan fingerprint density at radius 1 is 1.10 bits per heavy atom. The van der Waals surface area contributed by atoms with Gasteiger partial charge in [0.1, 0.15) is 23.2 Å². The highest BCUT2D eigenvalue weighted by Gasteiger charge is 2.31. The van der Waals surface area contributed by atoms with E-state index in [-0.39, 0.29) is 24.6 Å². The van der Waals surface area contributed by atoms with Crippen LogP contribution in [0.1, 0.15) is 24.3 Å². The summed E-state index contributed by atoms with van der Waals surface area (Å²) in [5, 5.41) is 3.21. The number of fused-ring (bicyclic) bond motifs is 1. The minimum atomic E-state index is -4.77. The summed E-state index contributed by atoms with van der Waals surface area (Å²) in [6, 6.07) is 1.61. The van der Waals surface area contributed by atoms with Crippen molar-refractivity contribution in [2.75, 3.05) is 52.3 Å². The summed E-state index contributed by atoms with van der Waals surface area (Å²) >= 11 is 0. The minimum absolute atomic E-state index is 0.0481. The van der Waals surface area contributed by atoms with Crippen LogP contribution in [0.4, 0.5) is 19.0 Å². The van der Waals surface area contributed by atoms with E-state index in [2.05, 4.69) is 34.9 Å². The highest BCUT2D eigenvalue weighted by Crippen LogP contribution is 2.24. The number of nitrogens with zero attached hydrogens (tertiary/aromatic N) is 7. The first kappa shape index (κ1) is 29.8. The van der Waals surface area contributed by atoms with Crippen molar-refractivity contribution >= 4 is 17.9 Å². The van der Waals surface area contributed by atoms with Gasteiger partial charge in [0.25, 0.3) is 0 Å². The lowest BCUT2D eigenvalue weighted by atomic mass is 10.2. The van der Waals surface area contributed by atoms with Crippen molar-refractivity contribution in [2.45, 2.75) is 39.3 Å². The predicted molar refractivity (Wildman–Crippen MR) is 144 cm³/mol. The maximum atomic E-state index is 13.1. The van der Waals surface area contributed by atoms with Gasteiger partial charge in [-0.15, -0.1) is 13.2 Å². The van der Waals surface area contributed by atoms with Crippen LogP contribution in [0.2, 0.25) is 0 Å². The van der Waals surface area contributed by atoms with E-state index in [0.717, 1.165) is 0 Å². The molecule has 12 nitrogen and oxygen atoms in total. The Balaban J connectivity index is 1.33. The van der Waals surface area contributed by atoms with Gasteiger partial charge in [0.15, 0.2) is 0 Å². The number of anilines is 1. The Labute approximate surface area is 235 Å². The van der Waals surface area contributed by atoms with Gasteiger partial charge in [-0.25, -0.2) is 4.98 Å². The van der Waals surface area contributed by atoms with Crippen LogP contribution in [-0.2, 0) is 35.6 Å². The largest absolute Gasteiger partial charge is 0.573 e. The average Bonchev–Trinajstić information content (AvgIpc) is 3.31. The smallest absolute Gasteiger partial charge is 0.481 e. The summed E-state index contributed by atoms with van der Waals surface area (Å²) in [5.74, 6) is 2.40. The Bertz CT molecular complexity index is 1280. The van der Waals surface area contributed by atoms with E-state index in [9.17, 15) is 18.0 Å². The molecule has 0 unspecified atom stereocenters. The Kier molecular flexibility index (Phi) is 9.81. The normalized spacial score (nSPS) is 16.1. The molecule has 0 aromatic carbocycles. The molecule has 2 aromatic heterocycles. The van der Waals surface area contributed by atoms with Crippen LogP contribution in [-0.4, -0.2) is 94.7 Å². The van der Waals surface area contributed by atoms with Gasteiger partial charge in [0, 0.05) is 38.8 Å². The summed E-state index contributed by atoms with van der Waals surface area (Å²) in [4.78, 5) is 34.6. The number of aliphatic imine (C=N–C) groups is 1. The quantitative estimate of drug-likeness (QED) is 0.317. The monoisotopic (exact) mass is 578 g/mol. The third-order valence-corrected chi connectivity index (χ3v) is 6.50. The summed E-state index contributed by atoms with van der Waals surface area (Å²) in [5.41, 5.74) is 0.607. The van der Waals surface area contributed by atoms with Gasteiger partial charge in [-0.2, -0.15) is 9.97 Å². The zero-order valence-electron chi connectivity index (χ0n) is 23.1. The molecule has 1 N–H and O–H groups in total. The molecule has 1 fully saturated rings. The lowest BCUT2D eigenvalue weighted by Gasteiger charge is -2.34. The third-order valence-electron chi connectivity index (χ3n) is 6.50. The topological polar surface area (TPSA) is 119 Å². The maximum Gasteiger partial charge on any atom is 0.573 e. The van der Waals surface area contributed by atoms with Crippen LogP contribution in [0.15, 0.2) is 35.0 Å². The first-order chi connectivity index (χ1) is 19.7. The second kappa shape index (κ2) is 13.5. The molecular formula is C26H33F3N8O4. The van der Waals surface area contributed by atoms with Crippen molar-refractivity contribution in [1.82, 2.24) is 29.3 Å². The highest BCUT2D eigenvalue weighted by molar-refractivity contribution is 5.81. The van der Waals surface area contributed by atoms with E-state index >= 15 is 0 Å². The molecule has 0 saturated carbocycles. The van der Waals surface area contributed by atoms with Crippen molar-refractivity contribution in [2.24, 2.45) is 4.99 Å². The van der Waals surface area contributed by atoms with Crippen LogP contribution >= 0.6 is 0 Å². The van der Waals surface area contributed by atoms with Crippen molar-refractivity contribution in [3.05, 3.63) is 47.4 Å². The molecule has 2 aromatic rings. The van der Waals surface area contributed by atoms with Gasteiger partial charge in [-0.3, -0.25) is 14.7 Å². The SMILES string of the molecule is CC=C(/C=C\Cc1nc2n(c1NCC(=O)N1CCN(Cc3nc(OC)cc(OC)n3)CC1)CC=NC2)OC(F)(F)F. The van der Waals surface area contributed by atoms with E-state index in [0.29, 0.717) is 80.7 Å². The number of methoxy groups -OCH3 is 2. The first-order valence-electron chi connectivity index (χ1n) is 13.0. The van der Waals surface area contributed by atoms with Gasteiger partial charge in [0.2, 0.25) is 17.7 Å². The summed E-state index contributed by atoms with van der Waals surface area (Å²) in [6.45, 7) is 5.25. The van der Waals surface area contributed by atoms with Crippen molar-refractivity contribution in [1.29, 1.82) is 0 Å². The molecule has 2 aliphatic rings. The zero-order chi connectivity index (χ0) is 29.4. The number of carbonyl (C=O) groups excluding carboxylic acids is 1. The summed E-state index contributed by atoms with van der Waals surface area (Å²) in [7, 11) is 3.06. The Morgan fingerprint density at radius 3 is 2.44 bits per heavy atom. The van der Waals surface area contributed by atoms with E-state index in [1.165, 1.54) is 33.3 Å². The number of hydrogen-bond acceptors (Lipinski definition) is 10. The van der Waals surface area contributed by atoms with Crippen molar-refractivity contribution in [3.8, 4) is 11.8 Å². The van der Waals surface area contributed by atoms with Gasteiger partial charge in [-0.05, 0) is 19.1 Å². The fraction of sp³-hybridized carbons (Fsp3) is 0.500. The molecule has 0 bridgehead atoms. The number of carbonyl (C=O) groups is 1. The number of imidazole rings is 1. The van der Waals surface area contributed by atoms with Crippen LogP contribution in [0.5, 0.6) is 11.8 Å². The second-order valence-corrected chi connectivity index (χ2v) is 9.18. The fourth-order valence-electron chi connectivity index (χ4n) is 4.46. The minimum Gasteiger partial charge on any atom is -0.481 e. The number of piperazine rings is 1. The number of hydrogen-bond donors (Lipinski definition) is 1. The molecule has 1 amide bonds. The maximum absolute atomic E-state index is 13.1. The Hall–Kier alpha value is -4.14. The number of nitrogens with one attached hydrogen (secondary N) is 1. The first-order valence-corrected chi connectivity index (χ1v) is 13.0. The van der Waals surface area contributed by atoms with Gasteiger partial charge in [-0.1, -0.05) is 6.08 Å². The number of allylic oxidation sites excluding steroid dienone is 3. The number of halogens is 3. The molecule has 41 heavy (non-hydrogen) atoms. The number of alkyl halides is 3. The molecule has 0 spiro atoms. The standard InChI is InChI=1S/C26H33F3N8O4/c1-4-18(41-26(27,28)29)6-5-7-19-25(37-9-8-30-15-21(37)32-19)31-16-24(38)36-12-10-35(11-13-36)17-20-33-22(39-2)14-23(34-20)40-3/h4-6,8,14,31H,7,9-13,15-17H2,1-3H3/b6-5-,18-4?. The molecule has 0 atom stereocenters. The third kappa shape index (κ3) is 8.19.